The van der Waals surface area contributed by atoms with Crippen LogP contribution in [0.4, 0.5) is 5.13 Å². The molecule has 0 aromatic carbocycles. The van der Waals surface area contributed by atoms with Gasteiger partial charge in [0.15, 0.2) is 10.8 Å². The Kier molecular flexibility index (Phi) is 5.08. The normalized spacial score (nSPS) is 13.8. The van der Waals surface area contributed by atoms with Crippen molar-refractivity contribution in [2.24, 2.45) is 0 Å². The molecule has 0 saturated heterocycles. The number of anilines is 1. The van der Waals surface area contributed by atoms with Gasteiger partial charge in [0.25, 0.3) is 5.91 Å². The summed E-state index contributed by atoms with van der Waals surface area (Å²) in [4.78, 5) is 34.6. The van der Waals surface area contributed by atoms with Crippen LogP contribution < -0.4 is 5.32 Å². The van der Waals surface area contributed by atoms with Gasteiger partial charge in [0.1, 0.15) is 4.88 Å². The maximum atomic E-state index is 13.1. The Morgan fingerprint density at radius 3 is 2.76 bits per heavy atom. The highest BCUT2D eigenvalue weighted by atomic mass is 32.1. The zero-order valence-electron chi connectivity index (χ0n) is 16.9. The van der Waals surface area contributed by atoms with E-state index in [0.29, 0.717) is 32.6 Å². The van der Waals surface area contributed by atoms with Crippen LogP contribution in [0.2, 0.25) is 0 Å². The maximum absolute atomic E-state index is 13.1. The molecule has 4 rings (SSSR count). The molecule has 9 heteroatoms. The van der Waals surface area contributed by atoms with E-state index >= 15 is 0 Å². The molecule has 1 N–H and O–H groups in total. The molecule has 1 aliphatic carbocycles. The van der Waals surface area contributed by atoms with Gasteiger partial charge in [-0.2, -0.15) is 5.10 Å². The first-order chi connectivity index (χ1) is 13.9. The van der Waals surface area contributed by atoms with Crippen molar-refractivity contribution >= 4 is 39.4 Å². The van der Waals surface area contributed by atoms with Gasteiger partial charge in [-0.3, -0.25) is 10.1 Å². The molecule has 0 spiro atoms. The molecule has 1 aliphatic rings. The van der Waals surface area contributed by atoms with Crippen molar-refractivity contribution in [3.8, 4) is 0 Å². The number of pyridine rings is 1. The molecule has 0 radical (unpaired) electrons. The number of carbonyl (C=O) groups is 2. The van der Waals surface area contributed by atoms with Crippen molar-refractivity contribution < 1.29 is 14.3 Å². The van der Waals surface area contributed by atoms with Crippen LogP contribution in [0, 0.1) is 6.92 Å². The number of rotatable bonds is 6. The first kappa shape index (κ1) is 19.5. The highest BCUT2D eigenvalue weighted by Gasteiger charge is 2.28. The fourth-order valence-electron chi connectivity index (χ4n) is 3.19. The summed E-state index contributed by atoms with van der Waals surface area (Å²) in [5.41, 5.74) is 2.70. The number of amides is 1. The van der Waals surface area contributed by atoms with Gasteiger partial charge in [-0.05, 0) is 46.6 Å². The van der Waals surface area contributed by atoms with Gasteiger partial charge in [0.2, 0.25) is 0 Å². The smallest absolute Gasteiger partial charge is 0.350 e. The van der Waals surface area contributed by atoms with Crippen LogP contribution >= 0.6 is 11.3 Å². The summed E-state index contributed by atoms with van der Waals surface area (Å²) in [5, 5.41) is 8.33. The van der Waals surface area contributed by atoms with Crippen molar-refractivity contribution in [3.63, 3.8) is 0 Å². The number of ether oxygens (including phenoxy) is 1. The van der Waals surface area contributed by atoms with E-state index in [4.69, 9.17) is 9.72 Å². The minimum Gasteiger partial charge on any atom is -0.462 e. The van der Waals surface area contributed by atoms with E-state index in [1.54, 1.807) is 20.0 Å². The highest BCUT2D eigenvalue weighted by Crippen LogP contribution is 2.40. The third-order valence-electron chi connectivity index (χ3n) is 4.79. The van der Waals surface area contributed by atoms with Crippen molar-refractivity contribution in [2.75, 3.05) is 11.9 Å². The number of aryl methyl sites for hydroxylation is 1. The van der Waals surface area contributed by atoms with E-state index in [0.717, 1.165) is 35.5 Å². The van der Waals surface area contributed by atoms with Crippen LogP contribution in [0.1, 0.15) is 77.0 Å². The summed E-state index contributed by atoms with van der Waals surface area (Å²) in [5.74, 6) is -0.311. The summed E-state index contributed by atoms with van der Waals surface area (Å²) < 4.78 is 6.88. The molecule has 0 bridgehead atoms. The van der Waals surface area contributed by atoms with Gasteiger partial charge in [0.05, 0.1) is 29.4 Å². The van der Waals surface area contributed by atoms with Crippen LogP contribution in [0.15, 0.2) is 12.3 Å². The monoisotopic (exact) mass is 413 g/mol. The van der Waals surface area contributed by atoms with Gasteiger partial charge in [0, 0.05) is 17.7 Å². The number of hydrogen-bond donors (Lipinski definition) is 1. The van der Waals surface area contributed by atoms with E-state index in [1.807, 2.05) is 24.6 Å². The van der Waals surface area contributed by atoms with E-state index in [2.05, 4.69) is 15.4 Å². The molecule has 152 valence electrons. The second kappa shape index (κ2) is 7.55. The summed E-state index contributed by atoms with van der Waals surface area (Å²) in [6.45, 7) is 7.83. The van der Waals surface area contributed by atoms with Crippen molar-refractivity contribution in [3.05, 3.63) is 34.1 Å². The molecule has 0 aliphatic heterocycles. The molecule has 0 unspecified atom stereocenters. The van der Waals surface area contributed by atoms with Crippen LogP contribution in [-0.4, -0.2) is 38.2 Å². The summed E-state index contributed by atoms with van der Waals surface area (Å²) in [6, 6.07) is 1.99. The third-order valence-corrected chi connectivity index (χ3v) is 5.85. The van der Waals surface area contributed by atoms with Crippen LogP contribution in [-0.2, 0) is 4.74 Å². The van der Waals surface area contributed by atoms with Gasteiger partial charge < -0.3 is 4.74 Å². The molecule has 1 saturated carbocycles. The zero-order valence-corrected chi connectivity index (χ0v) is 17.7. The highest BCUT2D eigenvalue weighted by molar-refractivity contribution is 7.17. The molecule has 29 heavy (non-hydrogen) atoms. The topological polar surface area (TPSA) is 99.0 Å². The number of thiazole rings is 1. The quantitative estimate of drug-likeness (QED) is 0.611. The first-order valence-corrected chi connectivity index (χ1v) is 10.5. The Bertz CT molecular complexity index is 1100. The van der Waals surface area contributed by atoms with Crippen molar-refractivity contribution in [1.82, 2.24) is 19.7 Å². The summed E-state index contributed by atoms with van der Waals surface area (Å²) in [6.07, 6.45) is 3.86. The SMILES string of the molecule is CCOC(=O)c1sc(NC(=O)c2cc(C3CC3)nc3c2cnn3C(C)C)nc1C. The zero-order chi connectivity index (χ0) is 20.7. The molecule has 1 fully saturated rings. The van der Waals surface area contributed by atoms with Crippen molar-refractivity contribution in [2.45, 2.75) is 52.5 Å². The molecule has 0 atom stereocenters. The number of carbonyl (C=O) groups excluding carboxylic acids is 2. The molecule has 3 aromatic rings. The number of hydrogen-bond acceptors (Lipinski definition) is 7. The first-order valence-electron chi connectivity index (χ1n) is 9.73. The Balaban J connectivity index is 1.68. The lowest BCUT2D eigenvalue weighted by molar-refractivity contribution is 0.0531. The van der Waals surface area contributed by atoms with Crippen molar-refractivity contribution in [1.29, 1.82) is 0 Å². The lowest BCUT2D eigenvalue weighted by atomic mass is 10.1. The third kappa shape index (κ3) is 3.74. The maximum Gasteiger partial charge on any atom is 0.350 e. The average molecular weight is 414 g/mol. The predicted molar refractivity (Wildman–Crippen MR) is 111 cm³/mol. The molecule has 1 amide bonds. The molecule has 3 aromatic heterocycles. The van der Waals surface area contributed by atoms with Crippen LogP contribution in [0.3, 0.4) is 0 Å². The summed E-state index contributed by atoms with van der Waals surface area (Å²) in [7, 11) is 0. The van der Waals surface area contributed by atoms with Crippen LogP contribution in [0.25, 0.3) is 11.0 Å². The molecular formula is C20H23N5O3S. The average Bonchev–Trinajstić information content (AvgIpc) is 3.33. The fraction of sp³-hybridized carbons (Fsp3) is 0.450. The lowest BCUT2D eigenvalue weighted by Crippen LogP contribution is -2.13. The van der Waals surface area contributed by atoms with Gasteiger partial charge in [-0.1, -0.05) is 11.3 Å². The predicted octanol–water partition coefficient (Wildman–Crippen LogP) is 4.08. The summed E-state index contributed by atoms with van der Waals surface area (Å²) >= 11 is 1.11. The van der Waals surface area contributed by atoms with E-state index < -0.39 is 5.97 Å². The Morgan fingerprint density at radius 2 is 2.10 bits per heavy atom. The standard InChI is InChI=1S/C20H23N5O3S/c1-5-28-19(27)16-11(4)22-20(29-16)24-18(26)13-8-15(12-6-7-12)23-17-14(13)9-21-25(17)10(2)3/h8-10,12H,5-7H2,1-4H3,(H,22,24,26). The Hall–Kier alpha value is -2.81. The number of nitrogens with zero attached hydrogens (tertiary/aromatic N) is 4. The minimum atomic E-state index is -0.427. The fourth-order valence-corrected chi connectivity index (χ4v) is 4.05. The van der Waals surface area contributed by atoms with Gasteiger partial charge in [-0.25, -0.2) is 19.4 Å². The van der Waals surface area contributed by atoms with E-state index in [1.165, 1.54) is 0 Å². The van der Waals surface area contributed by atoms with E-state index in [-0.39, 0.29) is 18.6 Å². The number of esters is 1. The second-order valence-electron chi connectivity index (χ2n) is 7.40. The van der Waals surface area contributed by atoms with E-state index in [9.17, 15) is 9.59 Å². The largest absolute Gasteiger partial charge is 0.462 e. The lowest BCUT2D eigenvalue weighted by Gasteiger charge is -2.10. The van der Waals surface area contributed by atoms with Gasteiger partial charge >= 0.3 is 5.97 Å². The minimum absolute atomic E-state index is 0.138. The molecule has 8 nitrogen and oxygen atoms in total. The Labute approximate surface area is 172 Å². The molecular weight excluding hydrogens is 390 g/mol. The Morgan fingerprint density at radius 1 is 1.34 bits per heavy atom. The number of aromatic nitrogens is 4. The molecule has 3 heterocycles. The second-order valence-corrected chi connectivity index (χ2v) is 8.40. The van der Waals surface area contributed by atoms with Crippen LogP contribution in [0.5, 0.6) is 0 Å². The number of fused-ring (bicyclic) bond motifs is 1. The number of nitrogens with one attached hydrogen (secondary N) is 1. The van der Waals surface area contributed by atoms with Gasteiger partial charge in [-0.15, -0.1) is 0 Å².